The van der Waals surface area contributed by atoms with E-state index in [1.54, 1.807) is 30.3 Å². The molecule has 2 rings (SSSR count). The number of aromatic nitrogens is 2. The van der Waals surface area contributed by atoms with Crippen LogP contribution in [-0.4, -0.2) is 21.2 Å². The smallest absolute Gasteiger partial charge is 0.417 e. The van der Waals surface area contributed by atoms with Gasteiger partial charge in [-0.3, -0.25) is 0 Å². The van der Waals surface area contributed by atoms with Crippen LogP contribution in [0.2, 0.25) is 5.15 Å². The van der Waals surface area contributed by atoms with Crippen molar-refractivity contribution in [2.45, 2.75) is 0 Å². The number of carboxylic acid groups (broad SMARTS) is 1. The van der Waals surface area contributed by atoms with Crippen molar-refractivity contribution in [1.29, 1.82) is 0 Å². The second-order valence-corrected chi connectivity index (χ2v) is 3.54. The van der Waals surface area contributed by atoms with Crippen LogP contribution in [-0.2, 0) is 0 Å². The first-order valence-corrected chi connectivity index (χ1v) is 5.12. The Morgan fingerprint density at radius 1 is 1.18 bits per heavy atom. The fraction of sp³-hybridized carbons (Fsp3) is 0. The van der Waals surface area contributed by atoms with Crippen molar-refractivity contribution in [2.24, 2.45) is 0 Å². The number of nitrogens with zero attached hydrogens (tertiary/aromatic N) is 3. The summed E-state index contributed by atoms with van der Waals surface area (Å²) in [5.41, 5.74) is 0.497. The number of rotatable bonds is 2. The molecular weight excluding hydrogens is 242 g/mol. The van der Waals surface area contributed by atoms with Gasteiger partial charge in [-0.05, 0) is 12.1 Å². The molecule has 0 spiro atoms. The molecule has 1 N–H and O–H groups in total. The number of hydrogen-bond donors (Lipinski definition) is 1. The van der Waals surface area contributed by atoms with E-state index in [9.17, 15) is 9.90 Å². The molecule has 1 heterocycles. The van der Waals surface area contributed by atoms with Crippen LogP contribution < -0.4 is 4.90 Å². The lowest BCUT2D eigenvalue weighted by Gasteiger charge is -2.17. The van der Waals surface area contributed by atoms with Crippen molar-refractivity contribution in [2.75, 3.05) is 4.90 Å². The maximum atomic E-state index is 11.2. The molecule has 0 bridgehead atoms. The van der Waals surface area contributed by atoms with Crippen LogP contribution in [0.25, 0.3) is 0 Å². The van der Waals surface area contributed by atoms with Crippen molar-refractivity contribution in [3.05, 3.63) is 47.9 Å². The SMILES string of the molecule is O=C(O)N(c1ccccc1)c1cnc(Cl)cn1. The van der Waals surface area contributed by atoms with Gasteiger partial charge in [0.2, 0.25) is 0 Å². The molecule has 6 heteroatoms. The van der Waals surface area contributed by atoms with Crippen LogP contribution >= 0.6 is 11.6 Å². The predicted octanol–water partition coefficient (Wildman–Crippen LogP) is 2.95. The molecule has 1 aromatic heterocycles. The Balaban J connectivity index is 2.43. The normalized spacial score (nSPS) is 9.94. The van der Waals surface area contributed by atoms with E-state index in [0.717, 1.165) is 4.90 Å². The highest BCUT2D eigenvalue weighted by Gasteiger charge is 2.17. The zero-order valence-electron chi connectivity index (χ0n) is 8.62. The summed E-state index contributed by atoms with van der Waals surface area (Å²) in [4.78, 5) is 20.0. The third-order valence-electron chi connectivity index (χ3n) is 2.04. The lowest BCUT2D eigenvalue weighted by molar-refractivity contribution is 0.204. The number of benzene rings is 1. The van der Waals surface area contributed by atoms with E-state index in [1.165, 1.54) is 12.4 Å². The zero-order valence-corrected chi connectivity index (χ0v) is 9.37. The lowest BCUT2D eigenvalue weighted by atomic mass is 10.3. The third kappa shape index (κ3) is 2.51. The van der Waals surface area contributed by atoms with Crippen molar-refractivity contribution >= 4 is 29.2 Å². The fourth-order valence-electron chi connectivity index (χ4n) is 1.34. The largest absolute Gasteiger partial charge is 0.464 e. The van der Waals surface area contributed by atoms with Gasteiger partial charge in [0, 0.05) is 0 Å². The van der Waals surface area contributed by atoms with Gasteiger partial charge in [0.15, 0.2) is 5.82 Å². The Labute approximate surface area is 102 Å². The molecule has 2 aromatic rings. The van der Waals surface area contributed by atoms with Gasteiger partial charge in [-0.15, -0.1) is 0 Å². The number of anilines is 2. The van der Waals surface area contributed by atoms with Crippen LogP contribution in [0.5, 0.6) is 0 Å². The van der Waals surface area contributed by atoms with Crippen LogP contribution in [0.4, 0.5) is 16.3 Å². The lowest BCUT2D eigenvalue weighted by Crippen LogP contribution is -2.24. The Morgan fingerprint density at radius 3 is 2.41 bits per heavy atom. The average molecular weight is 250 g/mol. The summed E-state index contributed by atoms with van der Waals surface area (Å²) >= 11 is 5.60. The van der Waals surface area contributed by atoms with Crippen LogP contribution in [0.3, 0.4) is 0 Å². The summed E-state index contributed by atoms with van der Waals surface area (Å²) in [6.07, 6.45) is 1.48. The molecule has 1 amide bonds. The maximum absolute atomic E-state index is 11.2. The van der Waals surface area contributed by atoms with Crippen LogP contribution in [0.1, 0.15) is 0 Å². The predicted molar refractivity (Wildman–Crippen MR) is 63.6 cm³/mol. The Hall–Kier alpha value is -2.14. The van der Waals surface area contributed by atoms with Crippen molar-refractivity contribution in [1.82, 2.24) is 9.97 Å². The van der Waals surface area contributed by atoms with E-state index in [4.69, 9.17) is 11.6 Å². The molecule has 0 fully saturated rings. The molecular formula is C11H8ClN3O2. The summed E-state index contributed by atoms with van der Waals surface area (Å²) in [6, 6.07) is 8.63. The third-order valence-corrected chi connectivity index (χ3v) is 2.24. The molecule has 0 atom stereocenters. The minimum Gasteiger partial charge on any atom is -0.464 e. The summed E-state index contributed by atoms with van der Waals surface area (Å²) in [6.45, 7) is 0. The van der Waals surface area contributed by atoms with E-state index in [0.29, 0.717) is 5.69 Å². The van der Waals surface area contributed by atoms with Crippen molar-refractivity contribution in [3.8, 4) is 0 Å². The van der Waals surface area contributed by atoms with Crippen LogP contribution in [0.15, 0.2) is 42.7 Å². The molecule has 86 valence electrons. The monoisotopic (exact) mass is 249 g/mol. The minimum absolute atomic E-state index is 0.202. The molecule has 17 heavy (non-hydrogen) atoms. The Bertz CT molecular complexity index is 516. The van der Waals surface area contributed by atoms with Gasteiger partial charge in [0.05, 0.1) is 18.1 Å². The quantitative estimate of drug-likeness (QED) is 0.889. The molecule has 0 unspecified atom stereocenters. The molecule has 0 aliphatic heterocycles. The minimum atomic E-state index is -1.13. The number of amides is 1. The molecule has 0 radical (unpaired) electrons. The summed E-state index contributed by atoms with van der Waals surface area (Å²) < 4.78 is 0. The van der Waals surface area contributed by atoms with Gasteiger partial charge < -0.3 is 5.11 Å². The maximum Gasteiger partial charge on any atom is 0.417 e. The van der Waals surface area contributed by atoms with E-state index >= 15 is 0 Å². The highest BCUT2D eigenvalue weighted by Crippen LogP contribution is 2.22. The number of halogens is 1. The Morgan fingerprint density at radius 2 is 1.88 bits per heavy atom. The van der Waals surface area contributed by atoms with Crippen molar-refractivity contribution in [3.63, 3.8) is 0 Å². The van der Waals surface area contributed by atoms with E-state index in [2.05, 4.69) is 9.97 Å². The highest BCUT2D eigenvalue weighted by molar-refractivity contribution is 6.29. The van der Waals surface area contributed by atoms with E-state index < -0.39 is 6.09 Å². The summed E-state index contributed by atoms with van der Waals surface area (Å²) in [5, 5.41) is 9.39. The summed E-state index contributed by atoms with van der Waals surface area (Å²) in [5.74, 6) is 0.202. The van der Waals surface area contributed by atoms with Crippen molar-refractivity contribution < 1.29 is 9.90 Å². The van der Waals surface area contributed by atoms with Gasteiger partial charge in [-0.25, -0.2) is 19.7 Å². The molecule has 1 aromatic carbocycles. The topological polar surface area (TPSA) is 66.3 Å². The first-order valence-electron chi connectivity index (χ1n) is 4.74. The molecule has 0 saturated heterocycles. The van der Waals surface area contributed by atoms with Crippen LogP contribution in [0, 0.1) is 0 Å². The standard InChI is InChI=1S/C11H8ClN3O2/c12-9-6-14-10(7-13-9)15(11(16)17)8-4-2-1-3-5-8/h1-7H,(H,16,17). The van der Waals surface area contributed by atoms with Gasteiger partial charge in [0.1, 0.15) is 5.15 Å². The molecule has 5 nitrogen and oxygen atoms in total. The number of para-hydroxylation sites is 1. The fourth-order valence-corrected chi connectivity index (χ4v) is 1.44. The Kier molecular flexibility index (Phi) is 3.20. The number of hydrogen-bond acceptors (Lipinski definition) is 3. The van der Waals surface area contributed by atoms with Gasteiger partial charge in [0.25, 0.3) is 0 Å². The second kappa shape index (κ2) is 4.80. The highest BCUT2D eigenvalue weighted by atomic mass is 35.5. The van der Waals surface area contributed by atoms with Gasteiger partial charge in [-0.2, -0.15) is 0 Å². The average Bonchev–Trinajstić information content (AvgIpc) is 2.33. The van der Waals surface area contributed by atoms with Gasteiger partial charge in [-0.1, -0.05) is 29.8 Å². The second-order valence-electron chi connectivity index (χ2n) is 3.15. The molecule has 0 aliphatic rings. The zero-order chi connectivity index (χ0) is 12.3. The van der Waals surface area contributed by atoms with Gasteiger partial charge >= 0.3 is 6.09 Å². The van der Waals surface area contributed by atoms with E-state index in [-0.39, 0.29) is 11.0 Å². The number of carbonyl (C=O) groups is 1. The molecule has 0 saturated carbocycles. The summed E-state index contributed by atoms with van der Waals surface area (Å²) in [7, 11) is 0. The molecule has 0 aliphatic carbocycles. The first kappa shape index (κ1) is 11.3. The first-order chi connectivity index (χ1) is 8.18. The van der Waals surface area contributed by atoms with E-state index in [1.807, 2.05) is 0 Å².